The number of nitrogens with zero attached hydrogens (tertiary/aromatic N) is 3. The van der Waals surface area contributed by atoms with Crippen LogP contribution >= 0.6 is 0 Å². The fourth-order valence-electron chi connectivity index (χ4n) is 2.14. The molecule has 0 aliphatic rings. The van der Waals surface area contributed by atoms with E-state index in [1.165, 1.54) is 12.6 Å². The van der Waals surface area contributed by atoms with Crippen molar-refractivity contribution < 1.29 is 8.42 Å². The van der Waals surface area contributed by atoms with E-state index in [2.05, 4.69) is 10.1 Å². The van der Waals surface area contributed by atoms with Crippen LogP contribution in [-0.2, 0) is 16.3 Å². The van der Waals surface area contributed by atoms with E-state index in [0.29, 0.717) is 6.42 Å². The molecule has 21 heavy (non-hydrogen) atoms. The van der Waals surface area contributed by atoms with E-state index in [0.717, 1.165) is 11.4 Å². The van der Waals surface area contributed by atoms with Crippen LogP contribution in [0, 0.1) is 0 Å². The fourth-order valence-corrected chi connectivity index (χ4v) is 2.82. The van der Waals surface area contributed by atoms with Crippen molar-refractivity contribution in [2.75, 3.05) is 6.26 Å². The molecule has 1 aromatic carbocycles. The topological polar surface area (TPSA) is 90.9 Å². The third kappa shape index (κ3) is 3.68. The van der Waals surface area contributed by atoms with Crippen LogP contribution in [0.1, 0.15) is 37.3 Å². The number of nitrogens with two attached hydrogens (primary N) is 1. The van der Waals surface area contributed by atoms with E-state index in [1.54, 1.807) is 18.2 Å². The van der Waals surface area contributed by atoms with Crippen molar-refractivity contribution in [3.05, 3.63) is 42.0 Å². The lowest BCUT2D eigenvalue weighted by Gasteiger charge is -2.15. The molecule has 1 unspecified atom stereocenters. The van der Waals surface area contributed by atoms with Crippen molar-refractivity contribution in [1.82, 2.24) is 14.8 Å². The van der Waals surface area contributed by atoms with E-state index in [1.807, 2.05) is 24.6 Å². The molecule has 0 saturated carbocycles. The molecule has 0 spiro atoms. The fraction of sp³-hybridized carbons (Fsp3) is 0.429. The summed E-state index contributed by atoms with van der Waals surface area (Å²) in [7, 11) is -3.23. The molecule has 0 aliphatic heterocycles. The average molecular weight is 308 g/mol. The highest BCUT2D eigenvalue weighted by Gasteiger charge is 2.15. The highest BCUT2D eigenvalue weighted by atomic mass is 32.2. The van der Waals surface area contributed by atoms with Crippen LogP contribution in [0.5, 0.6) is 0 Å². The Bertz CT molecular complexity index is 722. The van der Waals surface area contributed by atoms with Crippen molar-refractivity contribution in [2.24, 2.45) is 5.73 Å². The monoisotopic (exact) mass is 308 g/mol. The predicted molar refractivity (Wildman–Crippen MR) is 80.6 cm³/mol. The van der Waals surface area contributed by atoms with Gasteiger partial charge in [0.05, 0.1) is 4.90 Å². The quantitative estimate of drug-likeness (QED) is 0.904. The average Bonchev–Trinajstić information content (AvgIpc) is 2.86. The van der Waals surface area contributed by atoms with Crippen molar-refractivity contribution in [1.29, 1.82) is 0 Å². The number of hydrogen-bond donors (Lipinski definition) is 1. The lowest BCUT2D eigenvalue weighted by Crippen LogP contribution is -2.18. The number of rotatable bonds is 5. The molecule has 1 heterocycles. The summed E-state index contributed by atoms with van der Waals surface area (Å²) in [5.74, 6) is 0.794. The number of sulfone groups is 1. The van der Waals surface area contributed by atoms with Gasteiger partial charge in [0, 0.05) is 24.8 Å². The molecule has 7 heteroatoms. The normalized spacial score (nSPS) is 13.6. The van der Waals surface area contributed by atoms with Gasteiger partial charge < -0.3 is 5.73 Å². The van der Waals surface area contributed by atoms with Gasteiger partial charge in [-0.3, -0.25) is 0 Å². The van der Waals surface area contributed by atoms with Crippen molar-refractivity contribution in [3.8, 4) is 0 Å². The maximum Gasteiger partial charge on any atom is 0.175 e. The van der Waals surface area contributed by atoms with Crippen LogP contribution in [-0.4, -0.2) is 29.4 Å². The van der Waals surface area contributed by atoms with Gasteiger partial charge in [-0.1, -0.05) is 12.1 Å². The standard InChI is InChI=1S/C14H20N4O2S/c1-10(2)18-14(16-9-17-18)8-13(15)11-5-4-6-12(7-11)21(3,19)20/h4-7,9-10,13H,8,15H2,1-3H3. The summed E-state index contributed by atoms with van der Waals surface area (Å²) >= 11 is 0. The molecular formula is C14H20N4O2S. The second-order valence-electron chi connectivity index (χ2n) is 5.37. The van der Waals surface area contributed by atoms with Crippen LogP contribution in [0.15, 0.2) is 35.5 Å². The number of aromatic nitrogens is 3. The van der Waals surface area contributed by atoms with Gasteiger partial charge in [-0.25, -0.2) is 18.1 Å². The molecule has 0 fully saturated rings. The van der Waals surface area contributed by atoms with E-state index < -0.39 is 9.84 Å². The van der Waals surface area contributed by atoms with Gasteiger partial charge in [-0.05, 0) is 31.5 Å². The first kappa shape index (κ1) is 15.7. The molecule has 2 aromatic rings. The molecule has 6 nitrogen and oxygen atoms in total. The Morgan fingerprint density at radius 1 is 1.33 bits per heavy atom. The van der Waals surface area contributed by atoms with Crippen LogP contribution in [0.25, 0.3) is 0 Å². The molecule has 1 atom stereocenters. The largest absolute Gasteiger partial charge is 0.324 e. The summed E-state index contributed by atoms with van der Waals surface area (Å²) in [5, 5.41) is 4.17. The molecule has 114 valence electrons. The molecule has 0 bridgehead atoms. The summed E-state index contributed by atoms with van der Waals surface area (Å²) in [5.41, 5.74) is 6.97. The van der Waals surface area contributed by atoms with Gasteiger partial charge in [-0.2, -0.15) is 5.10 Å². The van der Waals surface area contributed by atoms with E-state index in [-0.39, 0.29) is 17.0 Å². The van der Waals surface area contributed by atoms with Crippen LogP contribution in [0.4, 0.5) is 0 Å². The molecule has 0 saturated heterocycles. The summed E-state index contributed by atoms with van der Waals surface area (Å²) in [6, 6.07) is 6.61. The Hall–Kier alpha value is -1.73. The first-order valence-electron chi connectivity index (χ1n) is 6.73. The number of benzene rings is 1. The summed E-state index contributed by atoms with van der Waals surface area (Å²) in [6.45, 7) is 4.04. The highest BCUT2D eigenvalue weighted by molar-refractivity contribution is 7.90. The highest BCUT2D eigenvalue weighted by Crippen LogP contribution is 2.19. The first-order valence-corrected chi connectivity index (χ1v) is 8.62. The maximum atomic E-state index is 11.6. The molecule has 2 N–H and O–H groups in total. The zero-order valence-electron chi connectivity index (χ0n) is 12.4. The van der Waals surface area contributed by atoms with Crippen LogP contribution < -0.4 is 5.73 Å². The van der Waals surface area contributed by atoms with Gasteiger partial charge in [0.25, 0.3) is 0 Å². The lowest BCUT2D eigenvalue weighted by atomic mass is 10.0. The Labute approximate surface area is 124 Å². The zero-order valence-corrected chi connectivity index (χ0v) is 13.2. The van der Waals surface area contributed by atoms with Crippen molar-refractivity contribution in [2.45, 2.75) is 37.2 Å². The van der Waals surface area contributed by atoms with Crippen LogP contribution in [0.2, 0.25) is 0 Å². The molecule has 1 aromatic heterocycles. The zero-order chi connectivity index (χ0) is 15.6. The first-order chi connectivity index (χ1) is 9.79. The van der Waals surface area contributed by atoms with Crippen molar-refractivity contribution >= 4 is 9.84 Å². The summed E-state index contributed by atoms with van der Waals surface area (Å²) < 4.78 is 25.0. The molecule has 0 radical (unpaired) electrons. The maximum absolute atomic E-state index is 11.6. The lowest BCUT2D eigenvalue weighted by molar-refractivity contribution is 0.493. The van der Waals surface area contributed by atoms with E-state index >= 15 is 0 Å². The van der Waals surface area contributed by atoms with E-state index in [4.69, 9.17) is 5.73 Å². The van der Waals surface area contributed by atoms with Gasteiger partial charge in [-0.15, -0.1) is 0 Å². The van der Waals surface area contributed by atoms with Gasteiger partial charge >= 0.3 is 0 Å². The SMILES string of the molecule is CC(C)n1ncnc1CC(N)c1cccc(S(C)(=O)=O)c1. The number of hydrogen-bond acceptors (Lipinski definition) is 5. The summed E-state index contributed by atoms with van der Waals surface area (Å²) in [4.78, 5) is 4.51. The van der Waals surface area contributed by atoms with Gasteiger partial charge in [0.2, 0.25) is 0 Å². The minimum absolute atomic E-state index is 0.206. The second kappa shape index (κ2) is 5.95. The molecule has 0 aliphatic carbocycles. The van der Waals surface area contributed by atoms with Crippen LogP contribution in [0.3, 0.4) is 0 Å². The minimum atomic E-state index is -3.23. The Morgan fingerprint density at radius 3 is 2.67 bits per heavy atom. The Balaban J connectivity index is 2.25. The van der Waals surface area contributed by atoms with Gasteiger partial charge in [0.1, 0.15) is 12.2 Å². The second-order valence-corrected chi connectivity index (χ2v) is 7.39. The third-order valence-electron chi connectivity index (χ3n) is 3.25. The predicted octanol–water partition coefficient (Wildman–Crippen LogP) is 1.51. The third-order valence-corrected chi connectivity index (χ3v) is 4.36. The van der Waals surface area contributed by atoms with Crippen molar-refractivity contribution in [3.63, 3.8) is 0 Å². The summed E-state index contributed by atoms with van der Waals surface area (Å²) in [6.07, 6.45) is 3.20. The van der Waals surface area contributed by atoms with E-state index in [9.17, 15) is 8.42 Å². The Morgan fingerprint density at radius 2 is 2.05 bits per heavy atom. The minimum Gasteiger partial charge on any atom is -0.324 e. The molecule has 0 amide bonds. The smallest absolute Gasteiger partial charge is 0.175 e. The Kier molecular flexibility index (Phi) is 4.43. The molecular weight excluding hydrogens is 288 g/mol. The van der Waals surface area contributed by atoms with Gasteiger partial charge in [0.15, 0.2) is 9.84 Å². The molecule has 2 rings (SSSR count).